The summed E-state index contributed by atoms with van der Waals surface area (Å²) in [7, 11) is 1.55. The third kappa shape index (κ3) is 3.51. The number of esters is 1. The molecule has 28 heavy (non-hydrogen) atoms. The van der Waals surface area contributed by atoms with Crippen molar-refractivity contribution in [3.63, 3.8) is 0 Å². The van der Waals surface area contributed by atoms with Crippen LogP contribution in [0.25, 0.3) is 6.08 Å². The second-order valence-corrected chi connectivity index (χ2v) is 6.04. The Morgan fingerprint density at radius 1 is 1.14 bits per heavy atom. The maximum atomic E-state index is 12.3. The summed E-state index contributed by atoms with van der Waals surface area (Å²) in [6.45, 7) is 3.42. The highest BCUT2D eigenvalue weighted by Gasteiger charge is 2.25. The molecule has 0 fully saturated rings. The highest BCUT2D eigenvalue weighted by atomic mass is 16.6. The van der Waals surface area contributed by atoms with E-state index >= 15 is 0 Å². The number of nitrogens with zero attached hydrogens (tertiary/aromatic N) is 1. The van der Waals surface area contributed by atoms with Crippen molar-refractivity contribution in [1.82, 2.24) is 0 Å². The van der Waals surface area contributed by atoms with Crippen LogP contribution < -0.4 is 18.9 Å². The Balaban J connectivity index is 1.63. The monoisotopic (exact) mass is 381 g/mol. The van der Waals surface area contributed by atoms with Crippen molar-refractivity contribution in [2.75, 3.05) is 26.9 Å². The van der Waals surface area contributed by atoms with Gasteiger partial charge >= 0.3 is 5.97 Å². The lowest BCUT2D eigenvalue weighted by Crippen LogP contribution is -2.16. The number of aliphatic imine (C=N–C) groups is 1. The molecule has 0 atom stereocenters. The first-order chi connectivity index (χ1) is 13.7. The van der Waals surface area contributed by atoms with Crippen LogP contribution in [0.2, 0.25) is 0 Å². The van der Waals surface area contributed by atoms with Crippen LogP contribution in [0, 0.1) is 0 Å². The van der Waals surface area contributed by atoms with Gasteiger partial charge in [0, 0.05) is 5.56 Å². The Morgan fingerprint density at radius 2 is 1.93 bits per heavy atom. The van der Waals surface area contributed by atoms with Gasteiger partial charge in [-0.05, 0) is 55.0 Å². The van der Waals surface area contributed by atoms with Gasteiger partial charge in [-0.3, -0.25) is 0 Å². The van der Waals surface area contributed by atoms with Crippen LogP contribution in [0.3, 0.4) is 0 Å². The van der Waals surface area contributed by atoms with Gasteiger partial charge in [0.25, 0.3) is 0 Å². The van der Waals surface area contributed by atoms with Crippen molar-refractivity contribution in [3.8, 4) is 23.0 Å². The summed E-state index contributed by atoms with van der Waals surface area (Å²) in [6, 6.07) is 10.8. The van der Waals surface area contributed by atoms with Gasteiger partial charge in [-0.15, -0.1) is 0 Å². The van der Waals surface area contributed by atoms with E-state index in [2.05, 4.69) is 4.99 Å². The van der Waals surface area contributed by atoms with E-state index < -0.39 is 5.97 Å². The average molecular weight is 381 g/mol. The highest BCUT2D eigenvalue weighted by molar-refractivity contribution is 6.12. The number of methoxy groups -OCH3 is 1. The minimum absolute atomic E-state index is 0.197. The van der Waals surface area contributed by atoms with Crippen LogP contribution in [0.5, 0.6) is 23.0 Å². The first-order valence-corrected chi connectivity index (χ1v) is 8.91. The summed E-state index contributed by atoms with van der Waals surface area (Å²) in [6.07, 6.45) is 1.63. The molecule has 2 heterocycles. The summed E-state index contributed by atoms with van der Waals surface area (Å²) >= 11 is 0. The van der Waals surface area contributed by atoms with Gasteiger partial charge in [0.2, 0.25) is 11.6 Å². The van der Waals surface area contributed by atoms with Crippen molar-refractivity contribution in [2.45, 2.75) is 6.92 Å². The molecule has 0 spiro atoms. The van der Waals surface area contributed by atoms with Gasteiger partial charge in [-0.1, -0.05) is 0 Å². The van der Waals surface area contributed by atoms with E-state index in [1.165, 1.54) is 0 Å². The van der Waals surface area contributed by atoms with Crippen LogP contribution in [-0.4, -0.2) is 38.8 Å². The molecule has 0 N–H and O–H groups in total. The molecule has 4 rings (SSSR count). The third-order valence-corrected chi connectivity index (χ3v) is 4.19. The molecule has 144 valence electrons. The van der Waals surface area contributed by atoms with Crippen molar-refractivity contribution >= 4 is 17.9 Å². The van der Waals surface area contributed by atoms with E-state index in [9.17, 15) is 4.79 Å². The number of carbonyl (C=O) groups excluding carboxylic acids is 1. The fraction of sp³-hybridized carbons (Fsp3) is 0.238. The molecule has 0 saturated carbocycles. The van der Waals surface area contributed by atoms with E-state index in [4.69, 9.17) is 23.7 Å². The molecule has 0 bridgehead atoms. The van der Waals surface area contributed by atoms with Crippen LogP contribution in [0.1, 0.15) is 18.1 Å². The van der Waals surface area contributed by atoms with Crippen molar-refractivity contribution in [2.24, 2.45) is 4.99 Å². The summed E-state index contributed by atoms with van der Waals surface area (Å²) in [5.41, 5.74) is 1.59. The number of carbonyl (C=O) groups is 1. The molecule has 7 heteroatoms. The Hall–Kier alpha value is -3.48. The van der Waals surface area contributed by atoms with E-state index in [1.54, 1.807) is 37.5 Å². The standard InChI is InChI=1S/C21H19NO6/c1-3-25-15-6-4-14(5-7-15)20-22-16(21(23)28-20)10-13-11-17(24-2)19-18(12-13)26-8-9-27-19/h4-7,10-12H,3,8-9H2,1-2H3. The smallest absolute Gasteiger partial charge is 0.363 e. The quantitative estimate of drug-likeness (QED) is 0.585. The lowest BCUT2D eigenvalue weighted by molar-refractivity contribution is -0.129. The predicted octanol–water partition coefficient (Wildman–Crippen LogP) is 3.21. The van der Waals surface area contributed by atoms with Crippen LogP contribution in [0.15, 0.2) is 47.1 Å². The summed E-state index contributed by atoms with van der Waals surface area (Å²) in [5, 5.41) is 0. The molecule has 0 unspecified atom stereocenters. The van der Waals surface area contributed by atoms with Crippen LogP contribution >= 0.6 is 0 Å². The second kappa shape index (κ2) is 7.64. The molecule has 2 aliphatic rings. The lowest BCUT2D eigenvalue weighted by atomic mass is 10.1. The first kappa shape index (κ1) is 17.9. The maximum Gasteiger partial charge on any atom is 0.363 e. The SMILES string of the molecule is CCOc1ccc(C2=NC(=Cc3cc(OC)c4c(c3)OCCO4)C(=O)O2)cc1. The van der Waals surface area contributed by atoms with Crippen molar-refractivity contribution in [1.29, 1.82) is 0 Å². The molecular weight excluding hydrogens is 362 g/mol. The number of ether oxygens (including phenoxy) is 5. The minimum atomic E-state index is -0.516. The number of hydrogen-bond acceptors (Lipinski definition) is 7. The lowest BCUT2D eigenvalue weighted by Gasteiger charge is -2.20. The largest absolute Gasteiger partial charge is 0.494 e. The van der Waals surface area contributed by atoms with Crippen LogP contribution in [-0.2, 0) is 9.53 Å². The van der Waals surface area contributed by atoms with E-state index in [0.717, 1.165) is 5.75 Å². The normalized spacial score (nSPS) is 16.6. The van der Waals surface area contributed by atoms with Gasteiger partial charge in [-0.2, -0.15) is 0 Å². The second-order valence-electron chi connectivity index (χ2n) is 6.04. The molecule has 0 aromatic heterocycles. The summed E-state index contributed by atoms with van der Waals surface area (Å²) in [5.74, 6) is 2.14. The molecule has 7 nitrogen and oxygen atoms in total. The van der Waals surface area contributed by atoms with Gasteiger partial charge in [-0.25, -0.2) is 9.79 Å². The number of fused-ring (bicyclic) bond motifs is 1. The maximum absolute atomic E-state index is 12.3. The average Bonchev–Trinajstić information content (AvgIpc) is 3.08. The molecule has 2 aromatic rings. The molecule has 2 aromatic carbocycles. The Morgan fingerprint density at radius 3 is 2.68 bits per heavy atom. The third-order valence-electron chi connectivity index (χ3n) is 4.19. The van der Waals surface area contributed by atoms with Gasteiger partial charge in [0.15, 0.2) is 17.2 Å². The minimum Gasteiger partial charge on any atom is -0.494 e. The summed E-state index contributed by atoms with van der Waals surface area (Å²) in [4.78, 5) is 16.6. The molecule has 0 radical (unpaired) electrons. The molecule has 0 amide bonds. The fourth-order valence-electron chi connectivity index (χ4n) is 2.93. The number of hydrogen-bond donors (Lipinski definition) is 0. The molecule has 2 aliphatic heterocycles. The van der Waals surface area contributed by atoms with E-state index in [-0.39, 0.29) is 11.6 Å². The zero-order valence-corrected chi connectivity index (χ0v) is 15.6. The summed E-state index contributed by atoms with van der Waals surface area (Å²) < 4.78 is 27.3. The van der Waals surface area contributed by atoms with Gasteiger partial charge in [0.1, 0.15) is 19.0 Å². The highest BCUT2D eigenvalue weighted by Crippen LogP contribution is 2.41. The van der Waals surface area contributed by atoms with Crippen LogP contribution in [0.4, 0.5) is 0 Å². The molecule has 0 aliphatic carbocycles. The van der Waals surface area contributed by atoms with Crippen molar-refractivity contribution < 1.29 is 28.5 Å². The number of benzene rings is 2. The Labute approximate surface area is 162 Å². The van der Waals surface area contributed by atoms with E-state index in [0.29, 0.717) is 48.2 Å². The predicted molar refractivity (Wildman–Crippen MR) is 102 cm³/mol. The zero-order valence-electron chi connectivity index (χ0n) is 15.6. The van der Waals surface area contributed by atoms with Crippen molar-refractivity contribution in [3.05, 3.63) is 53.2 Å². The number of cyclic esters (lactones) is 1. The zero-order chi connectivity index (χ0) is 19.5. The fourth-order valence-corrected chi connectivity index (χ4v) is 2.93. The first-order valence-electron chi connectivity index (χ1n) is 8.91. The molecular formula is C21H19NO6. The Kier molecular flexibility index (Phi) is 4.89. The number of rotatable bonds is 5. The van der Waals surface area contributed by atoms with Gasteiger partial charge < -0.3 is 23.7 Å². The van der Waals surface area contributed by atoms with Gasteiger partial charge in [0.05, 0.1) is 13.7 Å². The van der Waals surface area contributed by atoms with E-state index in [1.807, 2.05) is 19.1 Å². The Bertz CT molecular complexity index is 944. The topological polar surface area (TPSA) is 75.6 Å². The molecule has 0 saturated heterocycles.